The third-order valence-corrected chi connectivity index (χ3v) is 0. The Hall–Kier alpha value is 0.985. The van der Waals surface area contributed by atoms with Crippen LogP contribution in [0.2, 0.25) is 6.82 Å². The molecule has 0 saturated heterocycles. The van der Waals surface area contributed by atoms with Crippen LogP contribution in [-0.2, 0) is 0 Å². The van der Waals surface area contributed by atoms with Gasteiger partial charge < -0.3 is 12.4 Å². The second kappa shape index (κ2) is 81.6. The van der Waals surface area contributed by atoms with Gasteiger partial charge in [-0.3, -0.25) is 0 Å². The van der Waals surface area contributed by atoms with Gasteiger partial charge in [-0.25, -0.2) is 0 Å². The molecule has 28 valence electrons. The van der Waals surface area contributed by atoms with E-state index in [9.17, 15) is 0 Å². The van der Waals surface area contributed by atoms with Gasteiger partial charge in [0.05, 0.1) is 7.85 Å². The molecule has 0 aliphatic heterocycles. The van der Waals surface area contributed by atoms with Gasteiger partial charge in [-0.15, -0.1) is 0 Å². The van der Waals surface area contributed by atoms with Gasteiger partial charge in [0, 0.05) is 0 Å². The van der Waals surface area contributed by atoms with Crippen molar-refractivity contribution in [2.45, 2.75) is 6.82 Å². The smallest absolute Gasteiger partial charge is 1.00 e. The van der Waals surface area contributed by atoms with Crippen molar-refractivity contribution in [1.29, 1.82) is 0 Å². The van der Waals surface area contributed by atoms with Gasteiger partial charge in [0.2, 0.25) is 0 Å². The minimum Gasteiger partial charge on any atom is -1.00 e. The Kier molecular flexibility index (Phi) is 616. The fourth-order valence-corrected chi connectivity index (χ4v) is 0. The summed E-state index contributed by atoms with van der Waals surface area (Å²) in [5.41, 5.74) is 0. The summed E-state index contributed by atoms with van der Waals surface area (Å²) in [4.78, 5) is 0. The van der Waals surface area contributed by atoms with E-state index in [4.69, 9.17) is 0 Å². The Morgan fingerprint density at radius 3 is 1.20 bits per heavy atom. The molecule has 0 aromatic carbocycles. The van der Waals surface area contributed by atoms with Crippen LogP contribution in [-0.4, -0.2) is 18.8 Å². The van der Waals surface area contributed by atoms with Gasteiger partial charge >= 0.3 is 29.6 Å². The Balaban J connectivity index is -0.000000000833. The Labute approximate surface area is 56.8 Å². The fraction of sp³-hybridized carbons (Fsp3) is 1.00. The van der Waals surface area contributed by atoms with Gasteiger partial charge in [-0.05, 0) is 0 Å². The van der Waals surface area contributed by atoms with Gasteiger partial charge in [-0.1, -0.05) is 6.82 Å². The second-order valence-corrected chi connectivity index (χ2v) is 0. The average Bonchev–Trinajstić information content (AvgIpc) is 1.00. The zero-order valence-electron chi connectivity index (χ0n) is 4.58. The number of rotatable bonds is 0. The third-order valence-electron chi connectivity index (χ3n) is 0. The molecule has 0 bridgehead atoms. The van der Waals surface area contributed by atoms with Crippen molar-refractivity contribution < 1.29 is 41.9 Å². The molecule has 4 N–H and O–H groups in total. The van der Waals surface area contributed by atoms with E-state index in [0.29, 0.717) is 0 Å². The molecule has 0 unspecified atom stereocenters. The zero-order valence-corrected chi connectivity index (χ0v) is 5.58. The van der Waals surface area contributed by atoms with Crippen molar-refractivity contribution in [2.24, 2.45) is 0 Å². The quantitative estimate of drug-likeness (QED) is 0.267. The molecule has 2 nitrogen and oxygen atoms in total. The van der Waals surface area contributed by atoms with E-state index in [0.717, 1.165) is 0 Å². The molecule has 0 rings (SSSR count). The average molecular weight is 85.9 g/mol. The number of hydrogen-bond donors (Lipinski definition) is 0. The van der Waals surface area contributed by atoms with Gasteiger partial charge in [0.15, 0.2) is 0 Å². The molecular formula is CH8BNaO2. The predicted molar refractivity (Wildman–Crippen MR) is 20.0 cm³/mol. The number of hydrogen-bond acceptors (Lipinski definition) is 0. The summed E-state index contributed by atoms with van der Waals surface area (Å²) in [6.07, 6.45) is 0. The van der Waals surface area contributed by atoms with E-state index >= 15 is 0 Å². The zero-order chi connectivity index (χ0) is 2.00. The van der Waals surface area contributed by atoms with Crippen LogP contribution in [0.4, 0.5) is 0 Å². The van der Waals surface area contributed by atoms with Crippen molar-refractivity contribution >= 4 is 7.85 Å². The van der Waals surface area contributed by atoms with Crippen LogP contribution >= 0.6 is 0 Å². The largest absolute Gasteiger partial charge is 1.00 e. The first-order chi connectivity index (χ1) is 1.00. The molecule has 0 aliphatic rings. The molecule has 0 heterocycles. The van der Waals surface area contributed by atoms with Gasteiger partial charge in [0.1, 0.15) is 0 Å². The predicted octanol–water partition coefficient (Wildman–Crippen LogP) is -4.33. The minimum absolute atomic E-state index is 0. The van der Waals surface area contributed by atoms with Crippen molar-refractivity contribution in [3.63, 3.8) is 0 Å². The summed E-state index contributed by atoms with van der Waals surface area (Å²) in [7, 11) is 4.50. The van der Waals surface area contributed by atoms with Gasteiger partial charge in [0.25, 0.3) is 0 Å². The fourth-order valence-electron chi connectivity index (χ4n) is 0. The second-order valence-electron chi connectivity index (χ2n) is 0. The van der Waals surface area contributed by atoms with E-state index in [1.807, 2.05) is 0 Å². The summed E-state index contributed by atoms with van der Waals surface area (Å²) in [6, 6.07) is 0. The van der Waals surface area contributed by atoms with Crippen LogP contribution in [0.3, 0.4) is 0 Å². The van der Waals surface area contributed by atoms with Crippen molar-refractivity contribution in [1.82, 2.24) is 0 Å². The van der Waals surface area contributed by atoms with Crippen LogP contribution < -0.4 is 29.6 Å². The molecule has 0 aromatic heterocycles. The van der Waals surface area contributed by atoms with Crippen LogP contribution in [0.1, 0.15) is 1.43 Å². The molecular weight excluding hydrogens is 77.8 g/mol. The van der Waals surface area contributed by atoms with Crippen molar-refractivity contribution in [2.75, 3.05) is 0 Å². The first-order valence-corrected chi connectivity index (χ1v) is 0.577. The Bertz CT molecular complexity index is 13.5. The van der Waals surface area contributed by atoms with Crippen LogP contribution in [0.25, 0.3) is 0 Å². The van der Waals surface area contributed by atoms with Crippen LogP contribution in [0.5, 0.6) is 0 Å². The first-order valence-electron chi connectivity index (χ1n) is 0.577. The van der Waals surface area contributed by atoms with E-state index < -0.39 is 0 Å². The molecule has 0 aliphatic carbocycles. The van der Waals surface area contributed by atoms with Gasteiger partial charge in [-0.2, -0.15) is 0 Å². The van der Waals surface area contributed by atoms with Crippen LogP contribution in [0.15, 0.2) is 0 Å². The maximum Gasteiger partial charge on any atom is 1.00 e. The summed E-state index contributed by atoms with van der Waals surface area (Å²) in [6.45, 7) is 1.50. The minimum atomic E-state index is 0. The third kappa shape index (κ3) is 45.8. The van der Waals surface area contributed by atoms with Crippen molar-refractivity contribution in [3.8, 4) is 0 Å². The SMILES string of the molecule is O.O.[B]C.[H-].[Na+]. The van der Waals surface area contributed by atoms with E-state index in [1.165, 1.54) is 6.82 Å². The molecule has 0 saturated carbocycles. The van der Waals surface area contributed by atoms with Crippen molar-refractivity contribution in [3.05, 3.63) is 0 Å². The monoisotopic (exact) mass is 86.1 g/mol. The summed E-state index contributed by atoms with van der Waals surface area (Å²) >= 11 is 0. The Morgan fingerprint density at radius 2 is 1.20 bits per heavy atom. The standard InChI is InChI=1S/CH3B.Na.2H2O.H/c1-2;;;;/h1H3;;2*1H2;/q;+1;;;-1. The van der Waals surface area contributed by atoms with E-state index in [1.54, 1.807) is 0 Å². The molecule has 4 heteroatoms. The molecule has 5 heavy (non-hydrogen) atoms. The van der Waals surface area contributed by atoms with E-state index in [2.05, 4.69) is 7.85 Å². The summed E-state index contributed by atoms with van der Waals surface area (Å²) < 4.78 is 0. The normalized spacial score (nSPS) is 1.00. The first kappa shape index (κ1) is 37.7. The molecule has 0 aromatic rings. The molecule has 0 atom stereocenters. The maximum absolute atomic E-state index is 4.50. The summed E-state index contributed by atoms with van der Waals surface area (Å²) in [5, 5.41) is 0. The molecule has 0 spiro atoms. The van der Waals surface area contributed by atoms with Crippen LogP contribution in [0, 0.1) is 0 Å². The van der Waals surface area contributed by atoms with E-state index in [-0.39, 0.29) is 41.9 Å². The molecule has 0 fully saturated rings. The molecule has 0 amide bonds. The Morgan fingerprint density at radius 1 is 1.20 bits per heavy atom. The maximum atomic E-state index is 4.50. The summed E-state index contributed by atoms with van der Waals surface area (Å²) in [5.74, 6) is 0. The topological polar surface area (TPSA) is 63.0 Å². The molecule has 2 radical (unpaired) electrons.